The molecule has 0 saturated heterocycles. The second kappa shape index (κ2) is 6.86. The number of ether oxygens (including phenoxy) is 2. The fourth-order valence-electron chi connectivity index (χ4n) is 2.73. The highest BCUT2D eigenvalue weighted by Crippen LogP contribution is 2.42. The van der Waals surface area contributed by atoms with Crippen molar-refractivity contribution >= 4 is 22.7 Å². The van der Waals surface area contributed by atoms with Crippen LogP contribution in [-0.4, -0.2) is 29.3 Å². The maximum atomic E-state index is 10.1. The summed E-state index contributed by atoms with van der Waals surface area (Å²) in [6.07, 6.45) is 0. The second-order valence-corrected chi connectivity index (χ2v) is 7.39. The third-order valence-corrected chi connectivity index (χ3v) is 5.74. The minimum absolute atomic E-state index is 0.0257. The van der Waals surface area contributed by atoms with E-state index in [1.165, 1.54) is 14.2 Å². The first-order valence-corrected chi connectivity index (χ1v) is 9.60. The number of phenols is 1. The van der Waals surface area contributed by atoms with Gasteiger partial charge < -0.3 is 19.6 Å². The number of H-pyrrole nitrogens is 1. The maximum absolute atomic E-state index is 10.1. The molecule has 0 fully saturated rings. The summed E-state index contributed by atoms with van der Waals surface area (Å²) in [5, 5.41) is 14.2. The van der Waals surface area contributed by atoms with E-state index < -0.39 is 0 Å². The van der Waals surface area contributed by atoms with Gasteiger partial charge in [0.15, 0.2) is 11.5 Å². The van der Waals surface area contributed by atoms with Gasteiger partial charge in [0, 0.05) is 5.56 Å². The first-order valence-electron chi connectivity index (χ1n) is 7.84. The predicted molar refractivity (Wildman–Crippen MR) is 105 cm³/mol. The van der Waals surface area contributed by atoms with E-state index in [0.717, 1.165) is 26.7 Å². The van der Waals surface area contributed by atoms with E-state index in [2.05, 4.69) is 17.1 Å². The highest BCUT2D eigenvalue weighted by atomic mass is 32.1. The molecule has 0 aliphatic carbocycles. The largest absolute Gasteiger partial charge is 0.502 e. The van der Waals surface area contributed by atoms with Crippen LogP contribution in [-0.2, 0) is 0 Å². The number of benzene rings is 1. The minimum atomic E-state index is -0.0257. The van der Waals surface area contributed by atoms with Crippen molar-refractivity contribution in [2.24, 2.45) is 0 Å². The summed E-state index contributed by atoms with van der Waals surface area (Å²) in [5.41, 5.74) is 2.66. The highest BCUT2D eigenvalue weighted by molar-refractivity contribution is 7.14. The third-order valence-electron chi connectivity index (χ3n) is 3.98. The van der Waals surface area contributed by atoms with E-state index in [-0.39, 0.29) is 5.75 Å². The van der Waals surface area contributed by atoms with Crippen LogP contribution in [0.4, 0.5) is 0 Å². The summed E-state index contributed by atoms with van der Waals surface area (Å²) < 4.78 is 10.5. The standard InChI is InChI=1S/C19H16N2O3S2/c1-23-12-9-11(10-13(24-2)18(12)22)19-20-16(14-5-3-7-25-14)17(21-19)15-6-4-8-26-15/h3-10,22H,1-2H3,(H,20,21). The van der Waals surface area contributed by atoms with Gasteiger partial charge in [-0.15, -0.1) is 22.7 Å². The van der Waals surface area contributed by atoms with E-state index >= 15 is 0 Å². The molecule has 4 aromatic rings. The van der Waals surface area contributed by atoms with Crippen LogP contribution >= 0.6 is 22.7 Å². The molecule has 0 aliphatic rings. The number of aromatic amines is 1. The summed E-state index contributed by atoms with van der Waals surface area (Å²) >= 11 is 3.30. The number of methoxy groups -OCH3 is 2. The van der Waals surface area contributed by atoms with Gasteiger partial charge >= 0.3 is 0 Å². The normalized spacial score (nSPS) is 10.8. The lowest BCUT2D eigenvalue weighted by Crippen LogP contribution is -1.91. The molecule has 3 heterocycles. The quantitative estimate of drug-likeness (QED) is 0.493. The van der Waals surface area contributed by atoms with Crippen LogP contribution in [0.15, 0.2) is 47.2 Å². The SMILES string of the molecule is COc1cc(-c2nc(-c3cccs3)c(-c3cccs3)[nH]2)cc(OC)c1O. The van der Waals surface area contributed by atoms with E-state index in [4.69, 9.17) is 14.5 Å². The zero-order valence-corrected chi connectivity index (χ0v) is 15.8. The van der Waals surface area contributed by atoms with Crippen molar-refractivity contribution in [3.05, 3.63) is 47.2 Å². The van der Waals surface area contributed by atoms with Crippen LogP contribution in [0.5, 0.6) is 17.2 Å². The Kier molecular flexibility index (Phi) is 4.40. The Labute approximate surface area is 158 Å². The highest BCUT2D eigenvalue weighted by Gasteiger charge is 2.19. The molecule has 2 N–H and O–H groups in total. The smallest absolute Gasteiger partial charge is 0.200 e. The summed E-state index contributed by atoms with van der Waals surface area (Å²) in [6, 6.07) is 11.6. The van der Waals surface area contributed by atoms with Gasteiger partial charge in [-0.2, -0.15) is 0 Å². The number of aromatic nitrogens is 2. The Hall–Kier alpha value is -2.77. The molecule has 0 amide bonds. The molecule has 0 aliphatic heterocycles. The number of aromatic hydroxyl groups is 1. The maximum Gasteiger partial charge on any atom is 0.200 e. The third kappa shape index (κ3) is 2.85. The van der Waals surface area contributed by atoms with E-state index in [1.54, 1.807) is 34.8 Å². The molecule has 0 bridgehead atoms. The van der Waals surface area contributed by atoms with Crippen LogP contribution in [0.2, 0.25) is 0 Å². The van der Waals surface area contributed by atoms with E-state index in [1.807, 2.05) is 22.9 Å². The van der Waals surface area contributed by atoms with Crippen molar-refractivity contribution in [3.8, 4) is 49.8 Å². The Bertz CT molecular complexity index is 945. The van der Waals surface area contributed by atoms with Crippen LogP contribution in [0.25, 0.3) is 32.5 Å². The van der Waals surface area contributed by atoms with Crippen LogP contribution in [0, 0.1) is 0 Å². The molecule has 0 radical (unpaired) electrons. The number of rotatable bonds is 5. The molecular weight excluding hydrogens is 368 g/mol. The van der Waals surface area contributed by atoms with Gasteiger partial charge in [0.05, 0.1) is 29.7 Å². The van der Waals surface area contributed by atoms with Crippen molar-refractivity contribution in [3.63, 3.8) is 0 Å². The Morgan fingerprint density at radius 3 is 2.12 bits per heavy atom. The number of nitrogens with zero attached hydrogens (tertiary/aromatic N) is 1. The Morgan fingerprint density at radius 2 is 1.58 bits per heavy atom. The van der Waals surface area contributed by atoms with E-state index in [0.29, 0.717) is 17.3 Å². The fraction of sp³-hybridized carbons (Fsp3) is 0.105. The van der Waals surface area contributed by atoms with Crippen molar-refractivity contribution in [2.75, 3.05) is 14.2 Å². The van der Waals surface area contributed by atoms with Crippen LogP contribution in [0.3, 0.4) is 0 Å². The Morgan fingerprint density at radius 1 is 0.962 bits per heavy atom. The molecule has 0 saturated carbocycles. The number of hydrogen-bond acceptors (Lipinski definition) is 6. The second-order valence-electron chi connectivity index (χ2n) is 5.49. The summed E-state index contributed by atoms with van der Waals surface area (Å²) in [7, 11) is 3.02. The van der Waals surface area contributed by atoms with Crippen LogP contribution < -0.4 is 9.47 Å². The molecule has 26 heavy (non-hydrogen) atoms. The molecule has 0 atom stereocenters. The summed E-state index contributed by atoms with van der Waals surface area (Å²) in [6.45, 7) is 0. The molecule has 3 aromatic heterocycles. The van der Waals surface area contributed by atoms with E-state index in [9.17, 15) is 5.11 Å². The molecular formula is C19H16N2O3S2. The van der Waals surface area contributed by atoms with Gasteiger partial charge in [0.1, 0.15) is 11.5 Å². The fourth-order valence-corrected chi connectivity index (χ4v) is 4.18. The minimum Gasteiger partial charge on any atom is -0.502 e. The molecule has 1 aromatic carbocycles. The van der Waals surface area contributed by atoms with Gasteiger partial charge in [-0.3, -0.25) is 0 Å². The molecule has 7 heteroatoms. The average Bonchev–Trinajstić information content (AvgIpc) is 3.41. The van der Waals surface area contributed by atoms with Crippen molar-refractivity contribution in [1.29, 1.82) is 0 Å². The number of hydrogen-bond donors (Lipinski definition) is 2. The van der Waals surface area contributed by atoms with Gasteiger partial charge in [-0.1, -0.05) is 12.1 Å². The molecule has 4 rings (SSSR count). The first kappa shape index (κ1) is 16.7. The number of thiophene rings is 2. The lowest BCUT2D eigenvalue weighted by molar-refractivity contribution is 0.340. The van der Waals surface area contributed by atoms with Gasteiger partial charge in [0.25, 0.3) is 0 Å². The lowest BCUT2D eigenvalue weighted by Gasteiger charge is -2.10. The summed E-state index contributed by atoms with van der Waals surface area (Å²) in [4.78, 5) is 10.5. The number of nitrogens with one attached hydrogen (secondary N) is 1. The van der Waals surface area contributed by atoms with Crippen molar-refractivity contribution in [2.45, 2.75) is 0 Å². The van der Waals surface area contributed by atoms with Gasteiger partial charge in [-0.25, -0.2) is 4.98 Å². The number of phenolic OH excluding ortho intramolecular Hbond substituents is 1. The zero-order chi connectivity index (χ0) is 18.1. The first-order chi connectivity index (χ1) is 12.7. The lowest BCUT2D eigenvalue weighted by atomic mass is 10.1. The molecule has 5 nitrogen and oxygen atoms in total. The predicted octanol–water partition coefficient (Wildman–Crippen LogP) is 5.26. The topological polar surface area (TPSA) is 67.4 Å². The van der Waals surface area contributed by atoms with Gasteiger partial charge in [0.2, 0.25) is 5.75 Å². The Balaban J connectivity index is 1.90. The van der Waals surface area contributed by atoms with Crippen molar-refractivity contribution < 1.29 is 14.6 Å². The molecule has 0 spiro atoms. The van der Waals surface area contributed by atoms with Crippen LogP contribution in [0.1, 0.15) is 0 Å². The van der Waals surface area contributed by atoms with Crippen molar-refractivity contribution in [1.82, 2.24) is 9.97 Å². The monoisotopic (exact) mass is 384 g/mol. The van der Waals surface area contributed by atoms with Gasteiger partial charge in [-0.05, 0) is 35.0 Å². The average molecular weight is 384 g/mol. The number of imidazole rings is 1. The summed E-state index contributed by atoms with van der Waals surface area (Å²) in [5.74, 6) is 1.34. The zero-order valence-electron chi connectivity index (χ0n) is 14.1. The molecule has 132 valence electrons. The molecule has 0 unspecified atom stereocenters.